The van der Waals surface area contributed by atoms with Gasteiger partial charge in [0.1, 0.15) is 0 Å². The first-order chi connectivity index (χ1) is 7.84. The van der Waals surface area contributed by atoms with Crippen LogP contribution in [0.2, 0.25) is 0 Å². The molecule has 1 aliphatic rings. The third-order valence-corrected chi connectivity index (χ3v) is 2.91. The molecule has 1 aliphatic heterocycles. The first kappa shape index (κ1) is 9.47. The quantitative estimate of drug-likeness (QED) is 0.767. The number of hydrogen-bond acceptors (Lipinski definition) is 4. The second-order valence-electron chi connectivity index (χ2n) is 3.91. The zero-order chi connectivity index (χ0) is 11.0. The first-order valence-electron chi connectivity index (χ1n) is 5.40. The molecule has 0 bridgehead atoms. The molecule has 0 atom stereocenters. The van der Waals surface area contributed by atoms with E-state index in [0.717, 1.165) is 37.5 Å². The van der Waals surface area contributed by atoms with Gasteiger partial charge < -0.3 is 15.4 Å². The zero-order valence-electron chi connectivity index (χ0n) is 8.97. The van der Waals surface area contributed by atoms with E-state index in [2.05, 4.69) is 22.1 Å². The molecular formula is C11H14N4O. The minimum absolute atomic E-state index is 0.718. The second kappa shape index (κ2) is 3.68. The van der Waals surface area contributed by atoms with Crippen LogP contribution >= 0.6 is 0 Å². The Labute approximate surface area is 93.4 Å². The topological polar surface area (TPSA) is 55.8 Å². The van der Waals surface area contributed by atoms with E-state index in [1.54, 1.807) is 10.7 Å². The van der Waals surface area contributed by atoms with Gasteiger partial charge in [-0.25, -0.2) is 4.52 Å². The number of anilines is 2. The summed E-state index contributed by atoms with van der Waals surface area (Å²) in [6, 6.07) is 4.14. The van der Waals surface area contributed by atoms with Crippen LogP contribution < -0.4 is 10.6 Å². The molecule has 0 aromatic carbocycles. The Morgan fingerprint density at radius 1 is 1.31 bits per heavy atom. The van der Waals surface area contributed by atoms with Crippen LogP contribution in [-0.2, 0) is 4.74 Å². The number of hydrogen-bond donors (Lipinski definition) is 1. The average molecular weight is 218 g/mol. The third-order valence-electron chi connectivity index (χ3n) is 2.91. The van der Waals surface area contributed by atoms with Crippen molar-refractivity contribution >= 4 is 16.9 Å². The number of rotatable bonds is 1. The fourth-order valence-corrected chi connectivity index (χ4v) is 2.01. The number of nitrogen functional groups attached to an aromatic ring is 1. The molecule has 3 heterocycles. The van der Waals surface area contributed by atoms with Crippen LogP contribution in [0.5, 0.6) is 0 Å². The monoisotopic (exact) mass is 218 g/mol. The van der Waals surface area contributed by atoms with Gasteiger partial charge in [-0.3, -0.25) is 0 Å². The summed E-state index contributed by atoms with van der Waals surface area (Å²) in [5.41, 5.74) is 8.71. The minimum atomic E-state index is 0.718. The van der Waals surface area contributed by atoms with Crippen molar-refractivity contribution in [1.29, 1.82) is 0 Å². The lowest BCUT2D eigenvalue weighted by Gasteiger charge is -2.28. The molecule has 5 nitrogen and oxygen atoms in total. The van der Waals surface area contributed by atoms with E-state index in [0.29, 0.717) is 0 Å². The Kier molecular flexibility index (Phi) is 2.18. The largest absolute Gasteiger partial charge is 0.396 e. The summed E-state index contributed by atoms with van der Waals surface area (Å²) in [7, 11) is 0. The van der Waals surface area contributed by atoms with Gasteiger partial charge >= 0.3 is 0 Å². The van der Waals surface area contributed by atoms with Crippen LogP contribution in [0.3, 0.4) is 0 Å². The van der Waals surface area contributed by atoms with Gasteiger partial charge in [-0.05, 0) is 12.1 Å². The molecule has 16 heavy (non-hydrogen) atoms. The minimum Gasteiger partial charge on any atom is -0.396 e. The molecule has 0 unspecified atom stereocenters. The zero-order valence-corrected chi connectivity index (χ0v) is 8.97. The van der Waals surface area contributed by atoms with Gasteiger partial charge in [0.25, 0.3) is 0 Å². The van der Waals surface area contributed by atoms with E-state index in [1.807, 2.05) is 6.20 Å². The van der Waals surface area contributed by atoms with Crippen molar-refractivity contribution in [3.63, 3.8) is 0 Å². The van der Waals surface area contributed by atoms with Crippen molar-refractivity contribution in [3.8, 4) is 0 Å². The van der Waals surface area contributed by atoms with Gasteiger partial charge in [-0.15, -0.1) is 0 Å². The molecule has 5 heteroatoms. The van der Waals surface area contributed by atoms with E-state index >= 15 is 0 Å². The van der Waals surface area contributed by atoms with Crippen LogP contribution in [0.4, 0.5) is 11.4 Å². The number of nitrogens with zero attached hydrogens (tertiary/aromatic N) is 3. The van der Waals surface area contributed by atoms with Gasteiger partial charge in [0.2, 0.25) is 0 Å². The van der Waals surface area contributed by atoms with Crippen LogP contribution in [0.15, 0.2) is 24.5 Å². The standard InChI is InChI=1S/C11H14N4O/c12-10-8-13-15-2-1-9(7-11(10)15)14-3-5-16-6-4-14/h1-2,7-8H,3-6,12H2. The molecule has 0 amide bonds. The summed E-state index contributed by atoms with van der Waals surface area (Å²) in [4.78, 5) is 2.30. The lowest BCUT2D eigenvalue weighted by molar-refractivity contribution is 0.122. The smallest absolute Gasteiger partial charge is 0.0911 e. The fourth-order valence-electron chi connectivity index (χ4n) is 2.01. The highest BCUT2D eigenvalue weighted by molar-refractivity contribution is 5.73. The van der Waals surface area contributed by atoms with Crippen LogP contribution in [0, 0.1) is 0 Å². The number of aromatic nitrogens is 2. The molecular weight excluding hydrogens is 204 g/mol. The highest BCUT2D eigenvalue weighted by Gasteiger charge is 2.12. The van der Waals surface area contributed by atoms with E-state index in [9.17, 15) is 0 Å². The molecule has 0 spiro atoms. The summed E-state index contributed by atoms with van der Waals surface area (Å²) in [6.45, 7) is 3.45. The van der Waals surface area contributed by atoms with Crippen molar-refractivity contribution in [3.05, 3.63) is 24.5 Å². The molecule has 1 saturated heterocycles. The molecule has 0 radical (unpaired) electrons. The van der Waals surface area contributed by atoms with Gasteiger partial charge in [-0.1, -0.05) is 0 Å². The van der Waals surface area contributed by atoms with Crippen molar-refractivity contribution in [1.82, 2.24) is 9.61 Å². The van der Waals surface area contributed by atoms with Crippen LogP contribution in [0.25, 0.3) is 5.52 Å². The Bertz CT molecular complexity index is 502. The van der Waals surface area contributed by atoms with Crippen molar-refractivity contribution in [2.45, 2.75) is 0 Å². The average Bonchev–Trinajstić information content (AvgIpc) is 2.72. The summed E-state index contributed by atoms with van der Waals surface area (Å²) in [5, 5.41) is 4.15. The summed E-state index contributed by atoms with van der Waals surface area (Å²) in [6.07, 6.45) is 3.62. The predicted octanol–water partition coefficient (Wildman–Crippen LogP) is 0.753. The maximum absolute atomic E-state index is 5.85. The van der Waals surface area contributed by atoms with E-state index in [4.69, 9.17) is 10.5 Å². The molecule has 84 valence electrons. The fraction of sp³-hybridized carbons (Fsp3) is 0.364. The molecule has 0 saturated carbocycles. The lowest BCUT2D eigenvalue weighted by atomic mass is 10.3. The van der Waals surface area contributed by atoms with Crippen molar-refractivity contribution in [2.75, 3.05) is 36.9 Å². The summed E-state index contributed by atoms with van der Waals surface area (Å²) < 4.78 is 7.12. The Hall–Kier alpha value is -1.75. The lowest BCUT2D eigenvalue weighted by Crippen LogP contribution is -2.36. The number of nitrogens with two attached hydrogens (primary N) is 1. The van der Waals surface area contributed by atoms with Gasteiger partial charge in [0.05, 0.1) is 30.6 Å². The summed E-state index contributed by atoms with van der Waals surface area (Å²) >= 11 is 0. The second-order valence-corrected chi connectivity index (χ2v) is 3.91. The Morgan fingerprint density at radius 2 is 2.12 bits per heavy atom. The van der Waals surface area contributed by atoms with E-state index in [1.165, 1.54) is 5.69 Å². The molecule has 0 aliphatic carbocycles. The maximum atomic E-state index is 5.85. The molecule has 2 aromatic rings. The molecule has 2 aromatic heterocycles. The molecule has 1 fully saturated rings. The van der Waals surface area contributed by atoms with E-state index < -0.39 is 0 Å². The molecule has 3 rings (SSSR count). The Morgan fingerprint density at radius 3 is 2.94 bits per heavy atom. The van der Waals surface area contributed by atoms with Crippen LogP contribution in [0.1, 0.15) is 0 Å². The number of pyridine rings is 1. The van der Waals surface area contributed by atoms with Gasteiger partial charge in [-0.2, -0.15) is 5.10 Å². The van der Waals surface area contributed by atoms with Crippen LogP contribution in [-0.4, -0.2) is 35.9 Å². The first-order valence-corrected chi connectivity index (χ1v) is 5.40. The number of morpholine rings is 1. The van der Waals surface area contributed by atoms with Gasteiger partial charge in [0, 0.05) is 25.0 Å². The normalized spacial score (nSPS) is 16.9. The molecule has 2 N–H and O–H groups in total. The van der Waals surface area contributed by atoms with E-state index in [-0.39, 0.29) is 0 Å². The highest BCUT2D eigenvalue weighted by atomic mass is 16.5. The van der Waals surface area contributed by atoms with Crippen molar-refractivity contribution < 1.29 is 4.74 Å². The highest BCUT2D eigenvalue weighted by Crippen LogP contribution is 2.21. The Balaban J connectivity index is 1.99. The SMILES string of the molecule is Nc1cnn2ccc(N3CCOCC3)cc12. The summed E-state index contributed by atoms with van der Waals surface area (Å²) in [5.74, 6) is 0. The van der Waals surface area contributed by atoms with Crippen molar-refractivity contribution in [2.24, 2.45) is 0 Å². The maximum Gasteiger partial charge on any atom is 0.0911 e. The number of fused-ring (bicyclic) bond motifs is 1. The third kappa shape index (κ3) is 1.49. The van der Waals surface area contributed by atoms with Gasteiger partial charge in [0.15, 0.2) is 0 Å². The predicted molar refractivity (Wildman–Crippen MR) is 62.6 cm³/mol. The number of ether oxygens (including phenoxy) is 1.